The second-order valence-electron chi connectivity index (χ2n) is 2.85. The molecule has 0 bridgehead atoms. The number of aromatic nitrogens is 1. The summed E-state index contributed by atoms with van der Waals surface area (Å²) in [6.45, 7) is 0. The molecule has 0 radical (unpaired) electrons. The first-order valence-corrected chi connectivity index (χ1v) is 5.17. The van der Waals surface area contributed by atoms with Gasteiger partial charge in [0, 0.05) is 5.38 Å². The lowest BCUT2D eigenvalue weighted by Gasteiger charge is -1.89. The zero-order valence-electron chi connectivity index (χ0n) is 7.55. The van der Waals surface area contributed by atoms with Gasteiger partial charge in [0.1, 0.15) is 0 Å². The summed E-state index contributed by atoms with van der Waals surface area (Å²) in [5, 5.41) is 2.55. The molecule has 0 atom stereocenters. The summed E-state index contributed by atoms with van der Waals surface area (Å²) < 4.78 is 0. The molecule has 0 unspecified atom stereocenters. The fourth-order valence-corrected chi connectivity index (χ4v) is 1.65. The van der Waals surface area contributed by atoms with Crippen molar-refractivity contribution in [1.82, 2.24) is 4.98 Å². The molecule has 0 saturated heterocycles. The third-order valence-electron chi connectivity index (χ3n) is 1.79. The normalized spacial score (nSPS) is 10.9. The Bertz CT molecular complexity index is 432. The van der Waals surface area contributed by atoms with Crippen molar-refractivity contribution < 1.29 is 0 Å². The SMILES string of the molecule is Nc1nc(/C=C/c2ccccc2)cs1. The van der Waals surface area contributed by atoms with Gasteiger partial charge in [-0.25, -0.2) is 4.98 Å². The third-order valence-corrected chi connectivity index (χ3v) is 2.48. The van der Waals surface area contributed by atoms with Crippen LogP contribution in [0.25, 0.3) is 12.2 Å². The molecule has 2 rings (SSSR count). The lowest BCUT2D eigenvalue weighted by atomic mass is 10.2. The summed E-state index contributed by atoms with van der Waals surface area (Å²) in [4.78, 5) is 4.14. The Morgan fingerprint density at radius 2 is 1.93 bits per heavy atom. The molecule has 0 amide bonds. The quantitative estimate of drug-likeness (QED) is 0.813. The van der Waals surface area contributed by atoms with Crippen LogP contribution < -0.4 is 5.73 Å². The first-order chi connectivity index (χ1) is 6.84. The van der Waals surface area contributed by atoms with E-state index in [0.717, 1.165) is 5.69 Å². The van der Waals surface area contributed by atoms with Gasteiger partial charge in [-0.15, -0.1) is 11.3 Å². The number of rotatable bonds is 2. The number of nitrogen functional groups attached to an aromatic ring is 1. The van der Waals surface area contributed by atoms with E-state index >= 15 is 0 Å². The van der Waals surface area contributed by atoms with E-state index in [1.54, 1.807) is 0 Å². The lowest BCUT2D eigenvalue weighted by molar-refractivity contribution is 1.39. The molecule has 0 aliphatic heterocycles. The van der Waals surface area contributed by atoms with Crippen LogP contribution in [0, 0.1) is 0 Å². The van der Waals surface area contributed by atoms with Crippen molar-refractivity contribution in [2.24, 2.45) is 0 Å². The van der Waals surface area contributed by atoms with Crippen LogP contribution in [0.5, 0.6) is 0 Å². The average molecular weight is 202 g/mol. The number of nitrogens with two attached hydrogens (primary N) is 1. The number of hydrogen-bond acceptors (Lipinski definition) is 3. The largest absolute Gasteiger partial charge is 0.375 e. The highest BCUT2D eigenvalue weighted by atomic mass is 32.1. The van der Waals surface area contributed by atoms with Crippen molar-refractivity contribution in [3.8, 4) is 0 Å². The van der Waals surface area contributed by atoms with Gasteiger partial charge in [0.25, 0.3) is 0 Å². The minimum atomic E-state index is 0.609. The molecule has 1 aromatic carbocycles. The van der Waals surface area contributed by atoms with Crippen molar-refractivity contribution in [2.75, 3.05) is 5.73 Å². The van der Waals surface area contributed by atoms with Crippen LogP contribution in [0.1, 0.15) is 11.3 Å². The number of thiazole rings is 1. The van der Waals surface area contributed by atoms with Crippen LogP contribution in [0.15, 0.2) is 35.7 Å². The molecule has 0 fully saturated rings. The van der Waals surface area contributed by atoms with Crippen LogP contribution >= 0.6 is 11.3 Å². The van der Waals surface area contributed by atoms with Crippen molar-refractivity contribution in [3.05, 3.63) is 47.0 Å². The van der Waals surface area contributed by atoms with Crippen LogP contribution in [0.2, 0.25) is 0 Å². The predicted molar refractivity (Wildman–Crippen MR) is 61.9 cm³/mol. The molecule has 1 aromatic heterocycles. The fourth-order valence-electron chi connectivity index (χ4n) is 1.12. The highest BCUT2D eigenvalue weighted by molar-refractivity contribution is 7.13. The molecular formula is C11H10N2S. The van der Waals surface area contributed by atoms with E-state index in [2.05, 4.69) is 4.98 Å². The molecule has 0 spiro atoms. The van der Waals surface area contributed by atoms with Crippen molar-refractivity contribution in [1.29, 1.82) is 0 Å². The van der Waals surface area contributed by atoms with Crippen molar-refractivity contribution >= 4 is 28.6 Å². The predicted octanol–water partition coefficient (Wildman–Crippen LogP) is 2.90. The minimum absolute atomic E-state index is 0.609. The van der Waals surface area contributed by atoms with E-state index in [1.165, 1.54) is 16.9 Å². The van der Waals surface area contributed by atoms with Gasteiger partial charge in [-0.2, -0.15) is 0 Å². The highest BCUT2D eigenvalue weighted by Gasteiger charge is 1.92. The second-order valence-corrected chi connectivity index (χ2v) is 3.74. The summed E-state index contributed by atoms with van der Waals surface area (Å²) in [5.41, 5.74) is 7.60. The second kappa shape index (κ2) is 4.07. The summed E-state index contributed by atoms with van der Waals surface area (Å²) >= 11 is 1.45. The average Bonchev–Trinajstić information content (AvgIpc) is 2.63. The summed E-state index contributed by atoms with van der Waals surface area (Å²) in [6.07, 6.45) is 3.98. The molecule has 3 heteroatoms. The van der Waals surface area contributed by atoms with Crippen LogP contribution in [0.3, 0.4) is 0 Å². The molecule has 0 aliphatic carbocycles. The van der Waals surface area contributed by atoms with E-state index in [9.17, 15) is 0 Å². The van der Waals surface area contributed by atoms with Gasteiger partial charge in [-0.3, -0.25) is 0 Å². The van der Waals surface area contributed by atoms with Gasteiger partial charge >= 0.3 is 0 Å². The van der Waals surface area contributed by atoms with Crippen molar-refractivity contribution in [3.63, 3.8) is 0 Å². The molecule has 1 heterocycles. The summed E-state index contributed by atoms with van der Waals surface area (Å²) in [5.74, 6) is 0. The van der Waals surface area contributed by atoms with Gasteiger partial charge in [-0.05, 0) is 11.6 Å². The number of anilines is 1. The Morgan fingerprint density at radius 1 is 1.14 bits per heavy atom. The van der Waals surface area contributed by atoms with Gasteiger partial charge < -0.3 is 5.73 Å². The van der Waals surface area contributed by atoms with Gasteiger partial charge in [0.05, 0.1) is 5.69 Å². The molecule has 0 saturated carbocycles. The van der Waals surface area contributed by atoms with Crippen LogP contribution in [-0.2, 0) is 0 Å². The number of hydrogen-bond donors (Lipinski definition) is 1. The Labute approximate surface area is 86.7 Å². The summed E-state index contributed by atoms with van der Waals surface area (Å²) in [7, 11) is 0. The molecule has 0 aliphatic rings. The minimum Gasteiger partial charge on any atom is -0.375 e. The number of nitrogens with zero attached hydrogens (tertiary/aromatic N) is 1. The topological polar surface area (TPSA) is 38.9 Å². The van der Waals surface area contributed by atoms with E-state index in [1.807, 2.05) is 47.9 Å². The maximum atomic E-state index is 5.52. The smallest absolute Gasteiger partial charge is 0.180 e. The Kier molecular flexibility index (Phi) is 2.60. The highest BCUT2D eigenvalue weighted by Crippen LogP contribution is 2.13. The maximum absolute atomic E-state index is 5.52. The lowest BCUT2D eigenvalue weighted by Crippen LogP contribution is -1.80. The Morgan fingerprint density at radius 3 is 2.57 bits per heavy atom. The zero-order valence-corrected chi connectivity index (χ0v) is 8.37. The molecule has 2 aromatic rings. The van der Waals surface area contributed by atoms with E-state index < -0.39 is 0 Å². The first kappa shape index (κ1) is 8.97. The van der Waals surface area contributed by atoms with Gasteiger partial charge in [-0.1, -0.05) is 36.4 Å². The Hall–Kier alpha value is -1.61. The third kappa shape index (κ3) is 2.20. The van der Waals surface area contributed by atoms with Gasteiger partial charge in [0.15, 0.2) is 5.13 Å². The van der Waals surface area contributed by atoms with E-state index in [-0.39, 0.29) is 0 Å². The fraction of sp³-hybridized carbons (Fsp3) is 0. The standard InChI is InChI=1S/C11H10N2S/c12-11-13-10(8-14-11)7-6-9-4-2-1-3-5-9/h1-8H,(H2,12,13)/b7-6+. The maximum Gasteiger partial charge on any atom is 0.180 e. The first-order valence-electron chi connectivity index (χ1n) is 4.29. The van der Waals surface area contributed by atoms with Crippen LogP contribution in [-0.4, -0.2) is 4.98 Å². The molecule has 2 N–H and O–H groups in total. The zero-order chi connectivity index (χ0) is 9.80. The van der Waals surface area contributed by atoms with E-state index in [4.69, 9.17) is 5.73 Å². The summed E-state index contributed by atoms with van der Waals surface area (Å²) in [6, 6.07) is 10.1. The molecule has 2 nitrogen and oxygen atoms in total. The van der Waals surface area contributed by atoms with Crippen molar-refractivity contribution in [2.45, 2.75) is 0 Å². The monoisotopic (exact) mass is 202 g/mol. The number of benzene rings is 1. The molecule has 70 valence electrons. The van der Waals surface area contributed by atoms with Crippen LogP contribution in [0.4, 0.5) is 5.13 Å². The van der Waals surface area contributed by atoms with E-state index in [0.29, 0.717) is 5.13 Å². The molecular weight excluding hydrogens is 192 g/mol. The Balaban J connectivity index is 2.15. The molecule has 14 heavy (non-hydrogen) atoms. The van der Waals surface area contributed by atoms with Gasteiger partial charge in [0.2, 0.25) is 0 Å².